The number of aromatic nitrogens is 2. The van der Waals surface area contributed by atoms with Gasteiger partial charge in [0.25, 0.3) is 0 Å². The quantitative estimate of drug-likeness (QED) is 0.833. The summed E-state index contributed by atoms with van der Waals surface area (Å²) < 4.78 is 0. The lowest BCUT2D eigenvalue weighted by Crippen LogP contribution is -2.07. The van der Waals surface area contributed by atoms with E-state index in [1.165, 1.54) is 11.1 Å². The van der Waals surface area contributed by atoms with E-state index in [1.54, 1.807) is 0 Å². The zero-order chi connectivity index (χ0) is 15.2. The first-order valence-corrected chi connectivity index (χ1v) is 7.58. The summed E-state index contributed by atoms with van der Waals surface area (Å²) in [6.45, 7) is 9.33. The lowest BCUT2D eigenvalue weighted by molar-refractivity contribution is 0.919. The molecule has 4 nitrogen and oxygen atoms in total. The van der Waals surface area contributed by atoms with E-state index in [0.29, 0.717) is 0 Å². The van der Waals surface area contributed by atoms with Crippen molar-refractivity contribution in [2.45, 2.75) is 40.5 Å². The molecular weight excluding hydrogens is 260 g/mol. The largest absolute Gasteiger partial charge is 0.370 e. The van der Waals surface area contributed by atoms with Gasteiger partial charge in [-0.2, -0.15) is 0 Å². The first-order valence-electron chi connectivity index (χ1n) is 7.58. The van der Waals surface area contributed by atoms with Gasteiger partial charge in [0.2, 0.25) is 0 Å². The molecule has 0 aliphatic heterocycles. The highest BCUT2D eigenvalue weighted by molar-refractivity contribution is 5.60. The molecule has 0 spiro atoms. The second kappa shape index (κ2) is 7.07. The molecule has 0 saturated heterocycles. The Balaban J connectivity index is 2.25. The molecule has 2 N–H and O–H groups in total. The van der Waals surface area contributed by atoms with Gasteiger partial charge in [-0.05, 0) is 43.5 Å². The summed E-state index contributed by atoms with van der Waals surface area (Å²) in [5, 5.41) is 6.71. The molecule has 21 heavy (non-hydrogen) atoms. The van der Waals surface area contributed by atoms with Gasteiger partial charge in [-0.25, -0.2) is 9.97 Å². The lowest BCUT2D eigenvalue weighted by atomic mass is 10.1. The van der Waals surface area contributed by atoms with E-state index in [2.05, 4.69) is 66.5 Å². The Hall–Kier alpha value is -2.10. The Labute approximate surface area is 127 Å². The minimum absolute atomic E-state index is 0.823. The topological polar surface area (TPSA) is 49.8 Å². The maximum atomic E-state index is 4.55. The van der Waals surface area contributed by atoms with Crippen LogP contribution < -0.4 is 10.6 Å². The molecule has 0 aliphatic carbocycles. The summed E-state index contributed by atoms with van der Waals surface area (Å²) in [6, 6.07) is 8.38. The second-order valence-corrected chi connectivity index (χ2v) is 5.34. The minimum atomic E-state index is 0.823. The number of rotatable bonds is 6. The summed E-state index contributed by atoms with van der Waals surface area (Å²) in [6.07, 6.45) is 1.90. The standard InChI is InChI=1S/C17H24N4/c1-5-7-18-16-11-17(21-15(6-2)20-16)19-14-9-12(3)8-13(4)10-14/h8-11H,5-7H2,1-4H3,(H2,18,19,20,21). The van der Waals surface area contributed by atoms with Crippen molar-refractivity contribution in [3.8, 4) is 0 Å². The molecule has 1 aromatic heterocycles. The van der Waals surface area contributed by atoms with Crippen LogP contribution in [-0.2, 0) is 6.42 Å². The van der Waals surface area contributed by atoms with Crippen molar-refractivity contribution < 1.29 is 0 Å². The Kier molecular flexibility index (Phi) is 5.14. The summed E-state index contributed by atoms with van der Waals surface area (Å²) in [5.41, 5.74) is 3.55. The van der Waals surface area contributed by atoms with Crippen molar-refractivity contribution >= 4 is 17.3 Å². The summed E-state index contributed by atoms with van der Waals surface area (Å²) in [7, 11) is 0. The molecule has 0 amide bonds. The molecule has 4 heteroatoms. The Morgan fingerprint density at radius 1 is 0.905 bits per heavy atom. The fourth-order valence-corrected chi connectivity index (χ4v) is 2.26. The van der Waals surface area contributed by atoms with Gasteiger partial charge in [0.1, 0.15) is 17.5 Å². The van der Waals surface area contributed by atoms with E-state index in [4.69, 9.17) is 0 Å². The zero-order valence-electron chi connectivity index (χ0n) is 13.3. The van der Waals surface area contributed by atoms with E-state index in [0.717, 1.165) is 42.5 Å². The monoisotopic (exact) mass is 284 g/mol. The van der Waals surface area contributed by atoms with Gasteiger partial charge in [-0.3, -0.25) is 0 Å². The van der Waals surface area contributed by atoms with Gasteiger partial charge in [0.05, 0.1) is 0 Å². The molecule has 0 bridgehead atoms. The molecule has 112 valence electrons. The molecule has 2 aromatic rings. The molecule has 0 saturated carbocycles. The molecule has 0 atom stereocenters. The van der Waals surface area contributed by atoms with E-state index in [1.807, 2.05) is 6.07 Å². The number of benzene rings is 1. The van der Waals surface area contributed by atoms with Crippen molar-refractivity contribution in [1.82, 2.24) is 9.97 Å². The summed E-state index contributed by atoms with van der Waals surface area (Å²) in [4.78, 5) is 9.06. The van der Waals surface area contributed by atoms with Crippen molar-refractivity contribution in [2.75, 3.05) is 17.2 Å². The molecule has 0 unspecified atom stereocenters. The third kappa shape index (κ3) is 4.45. The Bertz CT molecular complexity index is 587. The van der Waals surface area contributed by atoms with Crippen LogP contribution >= 0.6 is 0 Å². The van der Waals surface area contributed by atoms with Crippen molar-refractivity contribution in [3.05, 3.63) is 41.2 Å². The van der Waals surface area contributed by atoms with Gasteiger partial charge < -0.3 is 10.6 Å². The smallest absolute Gasteiger partial charge is 0.136 e. The molecule has 1 heterocycles. The predicted molar refractivity (Wildman–Crippen MR) is 89.4 cm³/mol. The highest BCUT2D eigenvalue weighted by atomic mass is 15.1. The van der Waals surface area contributed by atoms with Gasteiger partial charge in [-0.1, -0.05) is 19.9 Å². The fourth-order valence-electron chi connectivity index (χ4n) is 2.26. The number of aryl methyl sites for hydroxylation is 3. The maximum absolute atomic E-state index is 4.55. The van der Waals surface area contributed by atoms with Gasteiger partial charge in [-0.15, -0.1) is 0 Å². The zero-order valence-corrected chi connectivity index (χ0v) is 13.3. The minimum Gasteiger partial charge on any atom is -0.370 e. The number of hydrogen-bond donors (Lipinski definition) is 2. The van der Waals surface area contributed by atoms with Crippen molar-refractivity contribution in [3.63, 3.8) is 0 Å². The number of anilines is 3. The second-order valence-electron chi connectivity index (χ2n) is 5.34. The molecule has 0 aliphatic rings. The van der Waals surface area contributed by atoms with Crippen LogP contribution in [0.1, 0.15) is 37.2 Å². The SMILES string of the molecule is CCCNc1cc(Nc2cc(C)cc(C)c2)nc(CC)n1. The normalized spacial score (nSPS) is 10.5. The van der Waals surface area contributed by atoms with Gasteiger partial charge in [0.15, 0.2) is 0 Å². The lowest BCUT2D eigenvalue weighted by Gasteiger charge is -2.11. The van der Waals surface area contributed by atoms with Gasteiger partial charge >= 0.3 is 0 Å². The van der Waals surface area contributed by atoms with Crippen LogP contribution in [0.25, 0.3) is 0 Å². The molecule has 1 aromatic carbocycles. The average Bonchev–Trinajstić information content (AvgIpc) is 2.43. The first kappa shape index (κ1) is 15.3. The Morgan fingerprint density at radius 2 is 1.57 bits per heavy atom. The third-order valence-corrected chi connectivity index (χ3v) is 3.14. The Morgan fingerprint density at radius 3 is 2.19 bits per heavy atom. The number of nitrogens with zero attached hydrogens (tertiary/aromatic N) is 2. The van der Waals surface area contributed by atoms with Crippen LogP contribution in [0, 0.1) is 13.8 Å². The molecular formula is C17H24N4. The van der Waals surface area contributed by atoms with Crippen LogP contribution in [0.3, 0.4) is 0 Å². The third-order valence-electron chi connectivity index (χ3n) is 3.14. The van der Waals surface area contributed by atoms with Crippen LogP contribution in [0.2, 0.25) is 0 Å². The van der Waals surface area contributed by atoms with Gasteiger partial charge in [0, 0.05) is 24.7 Å². The molecule has 2 rings (SSSR count). The van der Waals surface area contributed by atoms with E-state index in [-0.39, 0.29) is 0 Å². The number of nitrogens with one attached hydrogen (secondary N) is 2. The maximum Gasteiger partial charge on any atom is 0.136 e. The van der Waals surface area contributed by atoms with Crippen LogP contribution in [0.4, 0.5) is 17.3 Å². The summed E-state index contributed by atoms with van der Waals surface area (Å²) >= 11 is 0. The fraction of sp³-hybridized carbons (Fsp3) is 0.412. The van der Waals surface area contributed by atoms with E-state index < -0.39 is 0 Å². The van der Waals surface area contributed by atoms with Crippen molar-refractivity contribution in [1.29, 1.82) is 0 Å². The van der Waals surface area contributed by atoms with Crippen LogP contribution in [0.15, 0.2) is 24.3 Å². The van der Waals surface area contributed by atoms with Crippen molar-refractivity contribution in [2.24, 2.45) is 0 Å². The van der Waals surface area contributed by atoms with E-state index in [9.17, 15) is 0 Å². The van der Waals surface area contributed by atoms with E-state index >= 15 is 0 Å². The number of hydrogen-bond acceptors (Lipinski definition) is 4. The predicted octanol–water partition coefficient (Wildman–Crippen LogP) is 4.22. The molecule has 0 fully saturated rings. The van der Waals surface area contributed by atoms with Crippen LogP contribution in [-0.4, -0.2) is 16.5 Å². The van der Waals surface area contributed by atoms with Crippen LogP contribution in [0.5, 0.6) is 0 Å². The highest BCUT2D eigenvalue weighted by Gasteiger charge is 2.04. The summed E-state index contributed by atoms with van der Waals surface area (Å²) in [5.74, 6) is 2.57. The highest BCUT2D eigenvalue weighted by Crippen LogP contribution is 2.20. The molecule has 0 radical (unpaired) electrons. The first-order chi connectivity index (χ1) is 10.1. The average molecular weight is 284 g/mol.